The number of hydrogen-bond donors (Lipinski definition) is 2. The first-order chi connectivity index (χ1) is 21.5. The molecule has 0 aromatic heterocycles. The van der Waals surface area contributed by atoms with Crippen LogP contribution in [0.25, 0.3) is 11.1 Å². The summed E-state index contributed by atoms with van der Waals surface area (Å²) in [6, 6.07) is 25.5. The fraction of sp³-hybridized carbons (Fsp3) is 0.486. The number of amides is 1. The molecule has 3 aliphatic heterocycles. The van der Waals surface area contributed by atoms with Gasteiger partial charge in [0.2, 0.25) is 5.91 Å². The Hall–Kier alpha value is -3.07. The summed E-state index contributed by atoms with van der Waals surface area (Å²) in [5.74, 6) is 0.138. The van der Waals surface area contributed by atoms with Gasteiger partial charge in [0.25, 0.3) is 0 Å². The van der Waals surface area contributed by atoms with E-state index in [1.165, 1.54) is 52.2 Å². The average molecular weight is 598 g/mol. The first kappa shape index (κ1) is 30.9. The summed E-state index contributed by atoms with van der Waals surface area (Å²) >= 11 is 0. The molecular weight excluding hydrogens is 550 g/mol. The molecule has 7 nitrogen and oxygen atoms in total. The largest absolute Gasteiger partial charge is 0.392 e. The molecule has 0 radical (unpaired) electrons. The van der Waals surface area contributed by atoms with Gasteiger partial charge in [0, 0.05) is 44.1 Å². The molecule has 3 fully saturated rings. The van der Waals surface area contributed by atoms with Gasteiger partial charge >= 0.3 is 0 Å². The van der Waals surface area contributed by atoms with Crippen molar-refractivity contribution in [1.29, 1.82) is 0 Å². The number of carbonyl (C=O) groups excluding carboxylic acids is 1. The van der Waals surface area contributed by atoms with Crippen molar-refractivity contribution in [2.45, 2.75) is 77.2 Å². The van der Waals surface area contributed by atoms with Crippen molar-refractivity contribution >= 4 is 5.91 Å². The number of nitrogens with zero attached hydrogens (tertiary/aromatic N) is 2. The van der Waals surface area contributed by atoms with Crippen molar-refractivity contribution in [1.82, 2.24) is 15.1 Å². The van der Waals surface area contributed by atoms with Gasteiger partial charge in [-0.15, -0.1) is 0 Å². The number of aliphatic hydroxyl groups is 1. The fourth-order valence-electron chi connectivity index (χ4n) is 7.08. The van der Waals surface area contributed by atoms with Crippen molar-refractivity contribution < 1.29 is 19.4 Å². The molecule has 234 valence electrons. The van der Waals surface area contributed by atoms with Crippen LogP contribution in [-0.2, 0) is 27.4 Å². The number of benzene rings is 3. The third-order valence-electron chi connectivity index (χ3n) is 9.69. The summed E-state index contributed by atoms with van der Waals surface area (Å²) in [5.41, 5.74) is 6.31. The number of hydrogen-bond acceptors (Lipinski definition) is 6. The first-order valence-corrected chi connectivity index (χ1v) is 16.4. The van der Waals surface area contributed by atoms with Crippen LogP contribution in [0, 0.1) is 5.92 Å². The maximum Gasteiger partial charge on any atom is 0.217 e. The van der Waals surface area contributed by atoms with Crippen molar-refractivity contribution in [3.05, 3.63) is 95.1 Å². The Bertz CT molecular complexity index is 1370. The molecule has 3 saturated heterocycles. The lowest BCUT2D eigenvalue weighted by atomic mass is 9.89. The van der Waals surface area contributed by atoms with E-state index in [9.17, 15) is 9.90 Å². The molecule has 3 aliphatic rings. The summed E-state index contributed by atoms with van der Waals surface area (Å²) in [4.78, 5) is 16.7. The molecule has 0 unspecified atom stereocenters. The van der Waals surface area contributed by atoms with Crippen LogP contribution in [0.15, 0.2) is 72.8 Å². The Balaban J connectivity index is 1.21. The Morgan fingerprint density at radius 3 is 2.34 bits per heavy atom. The minimum atomic E-state index is -0.474. The zero-order chi connectivity index (χ0) is 30.5. The highest BCUT2D eigenvalue weighted by Gasteiger charge is 2.40. The van der Waals surface area contributed by atoms with Gasteiger partial charge in [0.05, 0.1) is 18.8 Å². The Kier molecular flexibility index (Phi) is 10.1. The summed E-state index contributed by atoms with van der Waals surface area (Å²) < 4.78 is 13.6. The summed E-state index contributed by atoms with van der Waals surface area (Å²) in [5, 5.41) is 12.5. The molecule has 0 saturated carbocycles. The van der Waals surface area contributed by atoms with E-state index in [4.69, 9.17) is 9.47 Å². The van der Waals surface area contributed by atoms with Crippen molar-refractivity contribution in [2.24, 2.45) is 5.92 Å². The monoisotopic (exact) mass is 597 g/mol. The van der Waals surface area contributed by atoms with Crippen LogP contribution in [0.5, 0.6) is 0 Å². The molecule has 44 heavy (non-hydrogen) atoms. The molecule has 3 aromatic rings. The van der Waals surface area contributed by atoms with E-state index in [-0.39, 0.29) is 30.6 Å². The average Bonchev–Trinajstić information content (AvgIpc) is 3.74. The lowest BCUT2D eigenvalue weighted by Crippen LogP contribution is -2.48. The normalized spacial score (nSPS) is 26.2. The number of likely N-dealkylation sites (tertiary alicyclic amines) is 2. The fourth-order valence-corrected chi connectivity index (χ4v) is 7.08. The molecular formula is C37H47N3O4. The highest BCUT2D eigenvalue weighted by molar-refractivity contribution is 5.73. The second-order valence-electron chi connectivity index (χ2n) is 12.9. The molecule has 1 amide bonds. The molecule has 3 aromatic carbocycles. The quantitative estimate of drug-likeness (QED) is 0.306. The predicted molar refractivity (Wildman–Crippen MR) is 173 cm³/mol. The lowest BCUT2D eigenvalue weighted by Gasteiger charge is -2.43. The highest BCUT2D eigenvalue weighted by atomic mass is 16.7. The standard InChI is InChI=1S/C37H47N3O4/c1-26-35(24-40-20-6-9-34(40)23-39-18-3-4-19-39)43-37(44-36(26)31-12-10-28(25-41)11-13-31)32-16-14-30(15-17-32)33-8-5-7-29(21-33)22-38-27(2)42/h5,7-8,10-17,21,26,34-37,41H,3-4,6,9,18-20,22-25H2,1-2H3,(H,38,42)/t26-,34-,35+,36+,37+/m0/s1. The van der Waals surface area contributed by atoms with Gasteiger partial charge in [0.1, 0.15) is 0 Å². The van der Waals surface area contributed by atoms with Gasteiger partial charge in [-0.05, 0) is 79.2 Å². The summed E-state index contributed by atoms with van der Waals surface area (Å²) in [6.45, 7) is 10.0. The zero-order valence-corrected chi connectivity index (χ0v) is 26.2. The Morgan fingerprint density at radius 2 is 1.61 bits per heavy atom. The molecule has 0 spiro atoms. The van der Waals surface area contributed by atoms with Gasteiger partial charge in [-0.1, -0.05) is 73.7 Å². The number of aliphatic hydroxyl groups excluding tert-OH is 1. The maximum atomic E-state index is 11.4. The smallest absolute Gasteiger partial charge is 0.217 e. The lowest BCUT2D eigenvalue weighted by molar-refractivity contribution is -0.276. The molecule has 0 aliphatic carbocycles. The van der Waals surface area contributed by atoms with Gasteiger partial charge < -0.3 is 24.8 Å². The third kappa shape index (κ3) is 7.41. The molecule has 3 heterocycles. The minimum absolute atomic E-state index is 0.0283. The minimum Gasteiger partial charge on any atom is -0.392 e. The molecule has 5 atom stereocenters. The highest BCUT2D eigenvalue weighted by Crippen LogP contribution is 2.42. The molecule has 0 bridgehead atoms. The van der Waals surface area contributed by atoms with Gasteiger partial charge in [-0.2, -0.15) is 0 Å². The summed E-state index contributed by atoms with van der Waals surface area (Å²) in [7, 11) is 0. The van der Waals surface area contributed by atoms with E-state index < -0.39 is 6.29 Å². The van der Waals surface area contributed by atoms with E-state index in [0.29, 0.717) is 12.6 Å². The second kappa shape index (κ2) is 14.4. The Labute approximate surface area is 262 Å². The zero-order valence-electron chi connectivity index (χ0n) is 26.2. The van der Waals surface area contributed by atoms with Gasteiger partial charge in [-0.25, -0.2) is 0 Å². The Morgan fingerprint density at radius 1 is 0.864 bits per heavy atom. The van der Waals surface area contributed by atoms with Crippen LogP contribution in [0.1, 0.15) is 74.2 Å². The third-order valence-corrected chi connectivity index (χ3v) is 9.69. The summed E-state index contributed by atoms with van der Waals surface area (Å²) in [6.07, 6.45) is 4.60. The van der Waals surface area contributed by atoms with Crippen molar-refractivity contribution in [3.8, 4) is 11.1 Å². The van der Waals surface area contributed by atoms with Crippen molar-refractivity contribution in [3.63, 3.8) is 0 Å². The van der Waals surface area contributed by atoms with Gasteiger partial charge in [-0.3, -0.25) is 9.69 Å². The topological polar surface area (TPSA) is 74.3 Å². The van der Waals surface area contributed by atoms with Crippen LogP contribution in [0.2, 0.25) is 0 Å². The first-order valence-electron chi connectivity index (χ1n) is 16.4. The number of nitrogens with one attached hydrogen (secondary N) is 1. The number of ether oxygens (including phenoxy) is 2. The van der Waals surface area contributed by atoms with Crippen LogP contribution in [-0.4, -0.2) is 65.7 Å². The molecule has 2 N–H and O–H groups in total. The van der Waals surface area contributed by atoms with E-state index in [1.54, 1.807) is 0 Å². The van der Waals surface area contributed by atoms with E-state index in [2.05, 4.69) is 70.6 Å². The maximum absolute atomic E-state index is 11.4. The molecule has 6 rings (SSSR count). The van der Waals surface area contributed by atoms with Crippen molar-refractivity contribution in [2.75, 3.05) is 32.7 Å². The van der Waals surface area contributed by atoms with Gasteiger partial charge in [0.15, 0.2) is 6.29 Å². The molecule has 7 heteroatoms. The number of carbonyl (C=O) groups is 1. The van der Waals surface area contributed by atoms with E-state index in [1.807, 2.05) is 24.3 Å². The predicted octanol–water partition coefficient (Wildman–Crippen LogP) is 5.83. The van der Waals surface area contributed by atoms with Crippen LogP contribution in [0.4, 0.5) is 0 Å². The van der Waals surface area contributed by atoms with Crippen LogP contribution in [0.3, 0.4) is 0 Å². The van der Waals surface area contributed by atoms with E-state index >= 15 is 0 Å². The number of rotatable bonds is 10. The van der Waals surface area contributed by atoms with Crippen LogP contribution >= 0.6 is 0 Å². The van der Waals surface area contributed by atoms with E-state index in [0.717, 1.165) is 46.5 Å². The SMILES string of the molecule is CC(=O)NCc1cccc(-c2ccc([C@@H]3O[C@H](CN4CCC[C@H]4CN4CCCC4)[C@H](C)[C@H](c4ccc(CO)cc4)O3)cc2)c1. The van der Waals surface area contributed by atoms with Crippen LogP contribution < -0.4 is 5.32 Å². The second-order valence-corrected chi connectivity index (χ2v) is 12.9.